The summed E-state index contributed by atoms with van der Waals surface area (Å²) in [6, 6.07) is 9.89. The zero-order chi connectivity index (χ0) is 27.5. The normalized spacial score (nSPS) is 12.5. The Morgan fingerprint density at radius 1 is 0.579 bits per heavy atom. The molecule has 0 saturated heterocycles. The van der Waals surface area contributed by atoms with Gasteiger partial charge in [-0.3, -0.25) is 0 Å². The van der Waals surface area contributed by atoms with Crippen LogP contribution >= 0.6 is 11.3 Å². The van der Waals surface area contributed by atoms with Gasteiger partial charge in [0.15, 0.2) is 46.5 Å². The van der Waals surface area contributed by atoms with Crippen molar-refractivity contribution in [3.05, 3.63) is 99.4 Å². The molecule has 4 nitrogen and oxygen atoms in total. The van der Waals surface area contributed by atoms with Crippen LogP contribution in [0.15, 0.2) is 41.8 Å². The molecule has 5 rings (SSSR count). The Morgan fingerprint density at radius 2 is 0.974 bits per heavy atom. The highest BCUT2D eigenvalue weighted by molar-refractivity contribution is 7.23. The number of anilines is 4. The van der Waals surface area contributed by atoms with Crippen LogP contribution in [0.5, 0.6) is 0 Å². The molecule has 188 valence electrons. The third-order valence-corrected chi connectivity index (χ3v) is 6.79. The van der Waals surface area contributed by atoms with Crippen LogP contribution in [-0.4, -0.2) is 6.98 Å². The van der Waals surface area contributed by atoms with Gasteiger partial charge in [-0.2, -0.15) is 21.9 Å². The fourth-order valence-electron chi connectivity index (χ4n) is 4.29. The fourth-order valence-corrected chi connectivity index (χ4v) is 5.09. The Morgan fingerprint density at radius 3 is 1.29 bits per heavy atom. The van der Waals surface area contributed by atoms with Crippen LogP contribution in [0, 0.1) is 69.2 Å². The van der Waals surface area contributed by atoms with E-state index < -0.39 is 76.0 Å². The van der Waals surface area contributed by atoms with E-state index in [9.17, 15) is 17.6 Å². The van der Waals surface area contributed by atoms with Gasteiger partial charge in [-0.25, -0.2) is 35.1 Å². The van der Waals surface area contributed by atoms with Crippen LogP contribution < -0.4 is 14.4 Å². The average Bonchev–Trinajstić information content (AvgIpc) is 3.55. The molecule has 2 heterocycles. The Bertz CT molecular complexity index is 1550. The molecule has 0 fully saturated rings. The molecule has 0 radical (unpaired) electrons. The first-order valence-corrected chi connectivity index (χ1v) is 11.3. The Balaban J connectivity index is 1.90. The summed E-state index contributed by atoms with van der Waals surface area (Å²) in [6.45, 7) is -1.74. The highest BCUT2D eigenvalue weighted by Gasteiger charge is 2.49. The molecule has 0 saturated carbocycles. The second-order valence-corrected chi connectivity index (χ2v) is 8.78. The third kappa shape index (κ3) is 3.34. The smallest absolute Gasteiger partial charge is 0.354 e. The van der Waals surface area contributed by atoms with E-state index in [-0.39, 0.29) is 16.2 Å². The predicted octanol–water partition coefficient (Wildman–Crippen LogP) is 6.29. The quantitative estimate of drug-likeness (QED) is 0.172. The largest absolute Gasteiger partial charge is 0.431 e. The molecule has 0 unspecified atom stereocenters. The van der Waals surface area contributed by atoms with Crippen molar-refractivity contribution in [1.82, 2.24) is 0 Å². The maximum absolute atomic E-state index is 15.3. The van der Waals surface area contributed by atoms with Gasteiger partial charge in [-0.05, 0) is 17.5 Å². The lowest BCUT2D eigenvalue weighted by atomic mass is 9.70. The number of halogens is 8. The van der Waals surface area contributed by atoms with Gasteiger partial charge in [0.2, 0.25) is 0 Å². The van der Waals surface area contributed by atoms with Crippen LogP contribution in [0.3, 0.4) is 0 Å². The van der Waals surface area contributed by atoms with Gasteiger partial charge in [-0.1, -0.05) is 24.3 Å². The number of nitriles is 2. The summed E-state index contributed by atoms with van der Waals surface area (Å²) in [4.78, 5) is 1.32. The lowest BCUT2D eigenvalue weighted by Crippen LogP contribution is -2.53. The van der Waals surface area contributed by atoms with Crippen LogP contribution in [0.25, 0.3) is 0 Å². The van der Waals surface area contributed by atoms with Crippen molar-refractivity contribution in [2.75, 3.05) is 9.62 Å². The van der Waals surface area contributed by atoms with Crippen LogP contribution in [0.1, 0.15) is 11.1 Å². The molecule has 3 aromatic carbocycles. The maximum Gasteiger partial charge on any atom is 0.431 e. The summed E-state index contributed by atoms with van der Waals surface area (Å²) in [6.07, 6.45) is 0. The Kier molecular flexibility index (Phi) is 6.00. The molecule has 4 aromatic rings. The molecular weight excluding hydrogens is 539 g/mol. The summed E-state index contributed by atoms with van der Waals surface area (Å²) in [7, 11) is 0. The molecule has 0 atom stereocenters. The first-order valence-electron chi connectivity index (χ1n) is 10.4. The molecule has 0 N–H and O–H groups in total. The van der Waals surface area contributed by atoms with Crippen molar-refractivity contribution < 1.29 is 35.1 Å². The molecular formula is C24H7BF8N4S. The molecule has 14 heteroatoms. The Hall–Kier alpha value is -4.56. The van der Waals surface area contributed by atoms with E-state index in [0.29, 0.717) is 9.62 Å². The second kappa shape index (κ2) is 9.08. The predicted molar refractivity (Wildman–Crippen MR) is 122 cm³/mol. The van der Waals surface area contributed by atoms with Crippen LogP contribution in [-0.2, 0) is 0 Å². The fraction of sp³-hybridized carbons (Fsp3) is 0. The summed E-state index contributed by atoms with van der Waals surface area (Å²) >= 11 is 0.890. The van der Waals surface area contributed by atoms with Crippen molar-refractivity contribution in [3.8, 4) is 12.1 Å². The van der Waals surface area contributed by atoms with Crippen molar-refractivity contribution in [2.45, 2.75) is 0 Å². The monoisotopic (exact) mass is 546 g/mol. The van der Waals surface area contributed by atoms with Gasteiger partial charge in [0.05, 0.1) is 11.4 Å². The van der Waals surface area contributed by atoms with E-state index in [1.165, 1.54) is 41.8 Å². The van der Waals surface area contributed by atoms with E-state index in [1.54, 1.807) is 0 Å². The average molecular weight is 546 g/mol. The molecule has 0 spiro atoms. The highest BCUT2D eigenvalue weighted by atomic mass is 32.1. The van der Waals surface area contributed by atoms with Gasteiger partial charge in [0, 0.05) is 4.78 Å². The van der Waals surface area contributed by atoms with E-state index in [4.69, 9.17) is 10.5 Å². The second-order valence-electron chi connectivity index (χ2n) is 7.80. The summed E-state index contributed by atoms with van der Waals surface area (Å²) < 4.78 is 120. The molecule has 1 aliphatic heterocycles. The highest BCUT2D eigenvalue weighted by Crippen LogP contribution is 2.50. The number of thiophene rings is 1. The Labute approximate surface area is 212 Å². The third-order valence-electron chi connectivity index (χ3n) is 5.87. The number of hydrogen-bond donors (Lipinski definition) is 0. The number of hydrogen-bond acceptors (Lipinski definition) is 5. The number of rotatable bonds is 3. The minimum Gasteiger partial charge on any atom is -0.354 e. The summed E-state index contributed by atoms with van der Waals surface area (Å²) in [5.41, 5.74) is -6.29. The standard InChI is InChI=1S/C24H7BF8N4S/c26-15-10(8-34)16(27)20(31)23(19(15)30)36-12-4-1-2-5-13(12)37(25(36)14-6-3-7-38-14)24-21(32)17(28)11(9-35)18(29)22(24)33/h1-7H. The van der Waals surface area contributed by atoms with Gasteiger partial charge in [0.25, 0.3) is 0 Å². The molecule has 1 aromatic heterocycles. The van der Waals surface area contributed by atoms with Crippen molar-refractivity contribution in [2.24, 2.45) is 0 Å². The number of para-hydroxylation sites is 2. The SMILES string of the molecule is N#Cc1c(F)c(F)c(N2B(c3cccs3)N(c3c(F)c(F)c(C#N)c(F)c3F)c3ccccc32)c(F)c1F. The molecule has 38 heavy (non-hydrogen) atoms. The van der Waals surface area contributed by atoms with E-state index >= 15 is 17.6 Å². The maximum atomic E-state index is 15.3. The number of benzene rings is 3. The molecule has 0 aliphatic carbocycles. The van der Waals surface area contributed by atoms with Gasteiger partial charge in [0.1, 0.15) is 34.6 Å². The van der Waals surface area contributed by atoms with Crippen molar-refractivity contribution in [3.63, 3.8) is 0 Å². The number of nitrogens with zero attached hydrogens (tertiary/aromatic N) is 4. The zero-order valence-corrected chi connectivity index (χ0v) is 19.2. The van der Waals surface area contributed by atoms with Crippen molar-refractivity contribution >= 4 is 45.8 Å². The lowest BCUT2D eigenvalue weighted by Gasteiger charge is -2.30. The van der Waals surface area contributed by atoms with Crippen molar-refractivity contribution in [1.29, 1.82) is 10.5 Å². The van der Waals surface area contributed by atoms with E-state index in [0.717, 1.165) is 23.5 Å². The minimum absolute atomic E-state index is 0.0779. The van der Waals surface area contributed by atoms with Crippen LogP contribution in [0.4, 0.5) is 57.9 Å². The number of fused-ring (bicyclic) bond motifs is 1. The van der Waals surface area contributed by atoms with E-state index in [1.807, 2.05) is 0 Å². The summed E-state index contributed by atoms with van der Waals surface area (Å²) in [5, 5.41) is 19.4. The van der Waals surface area contributed by atoms with E-state index in [2.05, 4.69) is 0 Å². The first-order chi connectivity index (χ1) is 18.1. The molecule has 0 amide bonds. The molecule has 1 aliphatic rings. The first kappa shape index (κ1) is 25.1. The van der Waals surface area contributed by atoms with Gasteiger partial charge >= 0.3 is 6.98 Å². The minimum atomic E-state index is -2.02. The lowest BCUT2D eigenvalue weighted by molar-refractivity contribution is 0.453. The topological polar surface area (TPSA) is 54.1 Å². The van der Waals surface area contributed by atoms with Gasteiger partial charge in [-0.15, -0.1) is 0 Å². The van der Waals surface area contributed by atoms with Gasteiger partial charge < -0.3 is 9.62 Å². The van der Waals surface area contributed by atoms with Crippen LogP contribution in [0.2, 0.25) is 0 Å². The zero-order valence-electron chi connectivity index (χ0n) is 18.3. The summed E-state index contributed by atoms with van der Waals surface area (Å²) in [5.74, 6) is -16.0. The molecule has 0 bridgehead atoms.